The highest BCUT2D eigenvalue weighted by Crippen LogP contribution is 2.26. The van der Waals surface area contributed by atoms with Gasteiger partial charge in [0.25, 0.3) is 0 Å². The lowest BCUT2D eigenvalue weighted by Crippen LogP contribution is -2.24. The number of rotatable bonds is 5. The molecule has 1 saturated heterocycles. The van der Waals surface area contributed by atoms with E-state index in [0.717, 1.165) is 48.8 Å². The van der Waals surface area contributed by atoms with Crippen LogP contribution in [0.1, 0.15) is 19.3 Å². The Morgan fingerprint density at radius 2 is 1.62 bits per heavy atom. The topological polar surface area (TPSA) is 44.8 Å². The van der Waals surface area contributed by atoms with Gasteiger partial charge < -0.3 is 14.2 Å². The molecule has 4 heteroatoms. The summed E-state index contributed by atoms with van der Waals surface area (Å²) in [6.07, 6.45) is 4.20. The lowest BCUT2D eigenvalue weighted by atomic mass is 10.1. The van der Waals surface area contributed by atoms with Gasteiger partial charge in [-0.1, -0.05) is 30.8 Å². The number of hydrogen-bond donors (Lipinski definition) is 0. The number of benzene rings is 2. The van der Waals surface area contributed by atoms with Crippen molar-refractivity contribution in [1.82, 2.24) is 0 Å². The highest BCUT2D eigenvalue weighted by atomic mass is 16.7. The Bertz CT molecular complexity index is 683. The minimum absolute atomic E-state index is 0.136. The zero-order chi connectivity index (χ0) is 16.8. The van der Waals surface area contributed by atoms with Crippen molar-refractivity contribution in [2.45, 2.75) is 25.6 Å². The minimum atomic E-state index is -0.464. The maximum Gasteiger partial charge on any atom is 0.335 e. The molecule has 1 fully saturated rings. The van der Waals surface area contributed by atoms with E-state index in [9.17, 15) is 4.79 Å². The summed E-state index contributed by atoms with van der Waals surface area (Å²) in [7, 11) is 0. The van der Waals surface area contributed by atoms with Crippen molar-refractivity contribution in [2.75, 3.05) is 6.61 Å². The Hall–Kier alpha value is -2.59. The van der Waals surface area contributed by atoms with Crippen molar-refractivity contribution in [3.8, 4) is 22.6 Å². The van der Waals surface area contributed by atoms with E-state index in [0.29, 0.717) is 5.75 Å². The van der Waals surface area contributed by atoms with Gasteiger partial charge in [0.05, 0.1) is 6.61 Å². The number of carbonyl (C=O) groups is 1. The second-order valence-corrected chi connectivity index (χ2v) is 5.59. The van der Waals surface area contributed by atoms with Gasteiger partial charge >= 0.3 is 5.97 Å². The van der Waals surface area contributed by atoms with Crippen molar-refractivity contribution in [1.29, 1.82) is 0 Å². The summed E-state index contributed by atoms with van der Waals surface area (Å²) in [5, 5.41) is 0. The second-order valence-electron chi connectivity index (χ2n) is 5.59. The fourth-order valence-electron chi connectivity index (χ4n) is 2.56. The van der Waals surface area contributed by atoms with E-state index < -0.39 is 5.97 Å². The van der Waals surface area contributed by atoms with Crippen molar-refractivity contribution in [2.24, 2.45) is 0 Å². The molecule has 1 aliphatic rings. The number of carbonyl (C=O) groups excluding carboxylic acids is 1. The summed E-state index contributed by atoms with van der Waals surface area (Å²) in [5.74, 6) is 0.842. The van der Waals surface area contributed by atoms with E-state index in [1.54, 1.807) is 12.1 Å². The van der Waals surface area contributed by atoms with Crippen LogP contribution in [-0.2, 0) is 9.53 Å². The highest BCUT2D eigenvalue weighted by Gasteiger charge is 2.15. The molecular weight excluding hydrogens is 304 g/mol. The molecule has 1 unspecified atom stereocenters. The van der Waals surface area contributed by atoms with E-state index >= 15 is 0 Å². The van der Waals surface area contributed by atoms with Crippen LogP contribution >= 0.6 is 0 Å². The largest absolute Gasteiger partial charge is 0.465 e. The quantitative estimate of drug-likeness (QED) is 0.466. The molecule has 0 aromatic heterocycles. The molecule has 1 aliphatic heterocycles. The lowest BCUT2D eigenvalue weighted by molar-refractivity contribution is -0.128. The standard InChI is InChI=1S/C20H20O4/c1-2-19(21)23-17-10-6-15(7-11-17)16-8-12-18(13-9-16)24-20-5-3-4-14-22-20/h2,6-13,20H,1,3-5,14H2. The van der Waals surface area contributed by atoms with Gasteiger partial charge in [-0.05, 0) is 48.2 Å². The summed E-state index contributed by atoms with van der Waals surface area (Å²) >= 11 is 0. The third kappa shape index (κ3) is 4.24. The smallest absolute Gasteiger partial charge is 0.335 e. The first kappa shape index (κ1) is 16.3. The number of esters is 1. The molecule has 4 nitrogen and oxygen atoms in total. The Labute approximate surface area is 141 Å². The molecule has 0 spiro atoms. The van der Waals surface area contributed by atoms with Gasteiger partial charge in [-0.2, -0.15) is 0 Å². The molecule has 3 rings (SSSR count). The molecule has 0 aliphatic carbocycles. The van der Waals surface area contributed by atoms with Crippen LogP contribution in [0.15, 0.2) is 61.2 Å². The molecule has 0 N–H and O–H groups in total. The normalized spacial score (nSPS) is 17.1. The van der Waals surface area contributed by atoms with Gasteiger partial charge in [-0.25, -0.2) is 4.79 Å². The van der Waals surface area contributed by atoms with E-state index in [1.807, 2.05) is 36.4 Å². The Kier molecular flexibility index (Phi) is 5.29. The molecule has 2 aromatic carbocycles. The summed E-state index contributed by atoms with van der Waals surface area (Å²) in [5.41, 5.74) is 2.10. The fraction of sp³-hybridized carbons (Fsp3) is 0.250. The van der Waals surface area contributed by atoms with Gasteiger partial charge in [0, 0.05) is 12.5 Å². The molecular formula is C20H20O4. The predicted octanol–water partition coefficient (Wildman–Crippen LogP) is 4.35. The molecule has 0 radical (unpaired) electrons. The van der Waals surface area contributed by atoms with Crippen molar-refractivity contribution < 1.29 is 19.0 Å². The third-order valence-corrected chi connectivity index (χ3v) is 3.83. The number of ether oxygens (including phenoxy) is 3. The third-order valence-electron chi connectivity index (χ3n) is 3.83. The first-order valence-electron chi connectivity index (χ1n) is 8.07. The van der Waals surface area contributed by atoms with Gasteiger partial charge in [0.1, 0.15) is 11.5 Å². The van der Waals surface area contributed by atoms with Crippen LogP contribution in [0.3, 0.4) is 0 Å². The van der Waals surface area contributed by atoms with E-state index in [2.05, 4.69) is 6.58 Å². The van der Waals surface area contributed by atoms with Gasteiger partial charge in [-0.3, -0.25) is 0 Å². The average molecular weight is 324 g/mol. The molecule has 1 heterocycles. The monoisotopic (exact) mass is 324 g/mol. The fourth-order valence-corrected chi connectivity index (χ4v) is 2.56. The molecule has 1 atom stereocenters. The molecule has 24 heavy (non-hydrogen) atoms. The molecule has 2 aromatic rings. The molecule has 0 amide bonds. The highest BCUT2D eigenvalue weighted by molar-refractivity contribution is 5.83. The molecule has 0 saturated carbocycles. The van der Waals surface area contributed by atoms with E-state index in [-0.39, 0.29) is 6.29 Å². The van der Waals surface area contributed by atoms with Crippen LogP contribution in [0.25, 0.3) is 11.1 Å². The maximum atomic E-state index is 11.2. The van der Waals surface area contributed by atoms with E-state index in [4.69, 9.17) is 14.2 Å². The summed E-state index contributed by atoms with van der Waals surface area (Å²) in [6, 6.07) is 15.2. The second kappa shape index (κ2) is 7.79. The Morgan fingerprint density at radius 3 is 2.17 bits per heavy atom. The van der Waals surface area contributed by atoms with Crippen molar-refractivity contribution in [3.05, 3.63) is 61.2 Å². The summed E-state index contributed by atoms with van der Waals surface area (Å²) < 4.78 is 16.5. The first-order chi connectivity index (χ1) is 11.7. The van der Waals surface area contributed by atoms with Crippen LogP contribution < -0.4 is 9.47 Å². The Morgan fingerprint density at radius 1 is 1.00 bits per heavy atom. The predicted molar refractivity (Wildman–Crippen MR) is 91.9 cm³/mol. The van der Waals surface area contributed by atoms with Crippen LogP contribution in [0.2, 0.25) is 0 Å². The molecule has 124 valence electrons. The summed E-state index contributed by atoms with van der Waals surface area (Å²) in [6.45, 7) is 4.15. The lowest BCUT2D eigenvalue weighted by Gasteiger charge is -2.23. The average Bonchev–Trinajstić information content (AvgIpc) is 2.64. The molecule has 0 bridgehead atoms. The van der Waals surface area contributed by atoms with Gasteiger partial charge in [0.15, 0.2) is 6.29 Å². The van der Waals surface area contributed by atoms with Crippen molar-refractivity contribution >= 4 is 5.97 Å². The van der Waals surface area contributed by atoms with Crippen molar-refractivity contribution in [3.63, 3.8) is 0 Å². The van der Waals surface area contributed by atoms with E-state index in [1.165, 1.54) is 0 Å². The van der Waals surface area contributed by atoms with Gasteiger partial charge in [-0.15, -0.1) is 0 Å². The maximum absolute atomic E-state index is 11.2. The zero-order valence-corrected chi connectivity index (χ0v) is 13.4. The van der Waals surface area contributed by atoms with Crippen LogP contribution in [0.4, 0.5) is 0 Å². The first-order valence-corrected chi connectivity index (χ1v) is 8.07. The van der Waals surface area contributed by atoms with Crippen LogP contribution in [0, 0.1) is 0 Å². The summed E-state index contributed by atoms with van der Waals surface area (Å²) in [4.78, 5) is 11.2. The van der Waals surface area contributed by atoms with Crippen LogP contribution in [0.5, 0.6) is 11.5 Å². The minimum Gasteiger partial charge on any atom is -0.465 e. The SMILES string of the molecule is C=CC(=O)Oc1ccc(-c2ccc(OC3CCCCO3)cc2)cc1. The number of hydrogen-bond acceptors (Lipinski definition) is 4. The zero-order valence-electron chi connectivity index (χ0n) is 13.4. The Balaban J connectivity index is 1.64. The van der Waals surface area contributed by atoms with Gasteiger partial charge in [0.2, 0.25) is 0 Å². The van der Waals surface area contributed by atoms with Crippen LogP contribution in [-0.4, -0.2) is 18.9 Å².